The van der Waals surface area contributed by atoms with Gasteiger partial charge in [-0.3, -0.25) is 0 Å². The number of ether oxygens (including phenoxy) is 1. The zero-order valence-electron chi connectivity index (χ0n) is 12.5. The van der Waals surface area contributed by atoms with Crippen molar-refractivity contribution in [2.24, 2.45) is 11.8 Å². The fraction of sp³-hybridized carbons (Fsp3) is 0.846. The Labute approximate surface area is 130 Å². The average molecular weight is 337 g/mol. The molecule has 0 aromatic heterocycles. The molecule has 1 saturated heterocycles. The molecule has 21 heavy (non-hydrogen) atoms. The van der Waals surface area contributed by atoms with Gasteiger partial charge in [0.05, 0.1) is 17.7 Å². The molecule has 0 N–H and O–H groups in total. The van der Waals surface area contributed by atoms with E-state index in [1.54, 1.807) is 25.7 Å². The molecule has 1 heterocycles. The minimum Gasteiger partial charge on any atom is -0.444 e. The van der Waals surface area contributed by atoms with Gasteiger partial charge in [-0.05, 0) is 39.5 Å². The van der Waals surface area contributed by atoms with Crippen LogP contribution in [0.4, 0.5) is 4.79 Å². The van der Waals surface area contributed by atoms with Crippen molar-refractivity contribution in [1.82, 2.24) is 4.90 Å². The molecule has 1 fully saturated rings. The van der Waals surface area contributed by atoms with Gasteiger partial charge in [-0.1, -0.05) is 0 Å². The van der Waals surface area contributed by atoms with Gasteiger partial charge in [0.1, 0.15) is 5.60 Å². The predicted molar refractivity (Wildman–Crippen MR) is 79.3 cm³/mol. The molecular weight excluding hydrogens is 316 g/mol. The third-order valence-electron chi connectivity index (χ3n) is 3.30. The quantitative estimate of drug-likeness (QED) is 0.738. The average Bonchev–Trinajstić information content (AvgIpc) is 2.33. The van der Waals surface area contributed by atoms with Crippen LogP contribution in [-0.2, 0) is 13.8 Å². The summed E-state index contributed by atoms with van der Waals surface area (Å²) in [5.74, 6) is -1.04. The fourth-order valence-electron chi connectivity index (χ4n) is 2.30. The normalized spacial score (nSPS) is 18.9. The van der Waals surface area contributed by atoms with E-state index >= 15 is 0 Å². The molecular formula is C13H21ClN2O4S. The smallest absolute Gasteiger partial charge is 0.410 e. The fourth-order valence-corrected chi connectivity index (χ4v) is 3.49. The SMILES string of the molecule is CC(C)(C)OC(=O)N1CCC(C(C#N)CS(=O)(=O)Cl)CC1. The first-order valence-electron chi connectivity index (χ1n) is 6.82. The molecule has 120 valence electrons. The summed E-state index contributed by atoms with van der Waals surface area (Å²) in [5, 5.41) is 9.09. The molecule has 0 spiro atoms. The molecule has 1 rings (SSSR count). The topological polar surface area (TPSA) is 87.5 Å². The summed E-state index contributed by atoms with van der Waals surface area (Å²) < 4.78 is 27.5. The summed E-state index contributed by atoms with van der Waals surface area (Å²) in [4.78, 5) is 13.5. The van der Waals surface area contributed by atoms with E-state index in [1.807, 2.05) is 6.07 Å². The lowest BCUT2D eigenvalue weighted by atomic mass is 9.86. The maximum atomic E-state index is 11.9. The summed E-state index contributed by atoms with van der Waals surface area (Å²) in [6.45, 7) is 6.32. The molecule has 1 unspecified atom stereocenters. The van der Waals surface area contributed by atoms with E-state index < -0.39 is 20.6 Å². The number of rotatable bonds is 3. The highest BCUT2D eigenvalue weighted by Crippen LogP contribution is 2.27. The minimum atomic E-state index is -3.69. The second kappa shape index (κ2) is 6.84. The zero-order valence-corrected chi connectivity index (χ0v) is 14.1. The Bertz CT molecular complexity index is 513. The van der Waals surface area contributed by atoms with E-state index in [0.29, 0.717) is 25.9 Å². The minimum absolute atomic E-state index is 0.0674. The summed E-state index contributed by atoms with van der Waals surface area (Å²) >= 11 is 0. The van der Waals surface area contributed by atoms with Crippen LogP contribution in [0.15, 0.2) is 0 Å². The Kier molecular flexibility index (Phi) is 5.88. The summed E-state index contributed by atoms with van der Waals surface area (Å²) in [7, 11) is 1.52. The van der Waals surface area contributed by atoms with Crippen LogP contribution in [0, 0.1) is 23.2 Å². The van der Waals surface area contributed by atoms with Crippen LogP contribution in [0.3, 0.4) is 0 Å². The molecule has 1 aliphatic heterocycles. The van der Waals surface area contributed by atoms with Crippen LogP contribution >= 0.6 is 10.7 Å². The largest absolute Gasteiger partial charge is 0.444 e. The second-order valence-electron chi connectivity index (χ2n) is 6.25. The summed E-state index contributed by atoms with van der Waals surface area (Å²) in [6.07, 6.45) is 0.771. The Hall–Kier alpha value is -1.00. The number of hydrogen-bond donors (Lipinski definition) is 0. The van der Waals surface area contributed by atoms with Crippen molar-refractivity contribution in [3.05, 3.63) is 0 Å². The molecule has 1 aliphatic rings. The van der Waals surface area contributed by atoms with E-state index in [1.165, 1.54) is 0 Å². The first-order chi connectivity index (χ1) is 9.52. The van der Waals surface area contributed by atoms with Gasteiger partial charge in [-0.25, -0.2) is 13.2 Å². The molecule has 6 nitrogen and oxygen atoms in total. The molecule has 8 heteroatoms. The molecule has 1 atom stereocenters. The first kappa shape index (κ1) is 18.1. The number of nitrogens with zero attached hydrogens (tertiary/aromatic N) is 2. The van der Waals surface area contributed by atoms with Crippen molar-refractivity contribution in [1.29, 1.82) is 5.26 Å². The van der Waals surface area contributed by atoms with Gasteiger partial charge in [-0.2, -0.15) is 5.26 Å². The Morgan fingerprint density at radius 2 is 1.95 bits per heavy atom. The summed E-state index contributed by atoms with van der Waals surface area (Å²) in [5.41, 5.74) is -0.546. The number of nitriles is 1. The third-order valence-corrected chi connectivity index (χ3v) is 4.44. The summed E-state index contributed by atoms with van der Waals surface area (Å²) in [6, 6.07) is 2.01. The second-order valence-corrected chi connectivity index (χ2v) is 9.07. The highest BCUT2D eigenvalue weighted by Gasteiger charge is 2.32. The third kappa shape index (κ3) is 6.53. The van der Waals surface area contributed by atoms with Gasteiger partial charge in [0.2, 0.25) is 9.05 Å². The maximum absolute atomic E-state index is 11.9. The van der Waals surface area contributed by atoms with Crippen LogP contribution in [0.2, 0.25) is 0 Å². The number of halogens is 1. The van der Waals surface area contributed by atoms with Gasteiger partial charge < -0.3 is 9.64 Å². The van der Waals surface area contributed by atoms with Crippen LogP contribution in [-0.4, -0.2) is 43.9 Å². The molecule has 0 aliphatic carbocycles. The van der Waals surface area contributed by atoms with Gasteiger partial charge in [-0.15, -0.1) is 0 Å². The number of hydrogen-bond acceptors (Lipinski definition) is 5. The lowest BCUT2D eigenvalue weighted by molar-refractivity contribution is 0.0173. The Morgan fingerprint density at radius 3 is 2.33 bits per heavy atom. The van der Waals surface area contributed by atoms with Crippen LogP contribution in [0.5, 0.6) is 0 Å². The molecule has 0 radical (unpaired) electrons. The molecule has 0 bridgehead atoms. The predicted octanol–water partition coefficient (Wildman–Crippen LogP) is 2.34. The van der Waals surface area contributed by atoms with Crippen molar-refractivity contribution in [3.8, 4) is 6.07 Å². The Morgan fingerprint density at radius 1 is 1.43 bits per heavy atom. The van der Waals surface area contributed by atoms with Gasteiger partial charge in [0.15, 0.2) is 0 Å². The number of carbonyl (C=O) groups excluding carboxylic acids is 1. The maximum Gasteiger partial charge on any atom is 0.410 e. The van der Waals surface area contributed by atoms with Crippen molar-refractivity contribution in [2.45, 2.75) is 39.2 Å². The molecule has 1 amide bonds. The highest BCUT2D eigenvalue weighted by atomic mass is 35.7. The lowest BCUT2D eigenvalue weighted by Gasteiger charge is -2.34. The Balaban J connectivity index is 2.55. The van der Waals surface area contributed by atoms with Crippen molar-refractivity contribution in [2.75, 3.05) is 18.8 Å². The standard InChI is InChI=1S/C13H21ClN2O4S/c1-13(2,3)20-12(17)16-6-4-10(5-7-16)11(8-15)9-21(14,18)19/h10-11H,4-7,9H2,1-3H3. The lowest BCUT2D eigenvalue weighted by Crippen LogP contribution is -2.43. The van der Waals surface area contributed by atoms with Crippen molar-refractivity contribution < 1.29 is 17.9 Å². The highest BCUT2D eigenvalue weighted by molar-refractivity contribution is 8.13. The van der Waals surface area contributed by atoms with Crippen LogP contribution in [0.25, 0.3) is 0 Å². The van der Waals surface area contributed by atoms with Crippen LogP contribution < -0.4 is 0 Å². The van der Waals surface area contributed by atoms with Crippen molar-refractivity contribution >= 4 is 25.8 Å². The number of piperidine rings is 1. The van der Waals surface area contributed by atoms with E-state index in [4.69, 9.17) is 20.7 Å². The van der Waals surface area contributed by atoms with E-state index in [-0.39, 0.29) is 17.8 Å². The molecule has 0 aromatic carbocycles. The molecule has 0 aromatic rings. The molecule has 0 saturated carbocycles. The number of amides is 1. The van der Waals surface area contributed by atoms with Gasteiger partial charge in [0.25, 0.3) is 0 Å². The van der Waals surface area contributed by atoms with E-state index in [0.717, 1.165) is 0 Å². The van der Waals surface area contributed by atoms with Gasteiger partial charge in [0, 0.05) is 23.8 Å². The number of likely N-dealkylation sites (tertiary alicyclic amines) is 1. The first-order valence-corrected chi connectivity index (χ1v) is 9.29. The number of carbonyl (C=O) groups is 1. The van der Waals surface area contributed by atoms with Crippen LogP contribution in [0.1, 0.15) is 33.6 Å². The van der Waals surface area contributed by atoms with Gasteiger partial charge >= 0.3 is 6.09 Å². The zero-order chi connectivity index (χ0) is 16.3. The van der Waals surface area contributed by atoms with E-state index in [9.17, 15) is 13.2 Å². The monoisotopic (exact) mass is 336 g/mol. The van der Waals surface area contributed by atoms with E-state index in [2.05, 4.69) is 0 Å². The van der Waals surface area contributed by atoms with Crippen molar-refractivity contribution in [3.63, 3.8) is 0 Å².